The Kier molecular flexibility index (Phi) is 3.16. The van der Waals surface area contributed by atoms with Gasteiger partial charge in [0.2, 0.25) is 5.95 Å². The molecule has 7 nitrogen and oxygen atoms in total. The Morgan fingerprint density at radius 3 is 2.61 bits per heavy atom. The Balaban J connectivity index is 1.75. The molecule has 0 unspecified atom stereocenters. The van der Waals surface area contributed by atoms with Crippen LogP contribution in [0.2, 0.25) is 0 Å². The fourth-order valence-electron chi connectivity index (χ4n) is 2.26. The van der Waals surface area contributed by atoms with Gasteiger partial charge in [-0.15, -0.1) is 5.10 Å². The van der Waals surface area contributed by atoms with Crippen molar-refractivity contribution in [2.24, 2.45) is 0 Å². The smallest absolute Gasteiger partial charge is 0.247 e. The summed E-state index contributed by atoms with van der Waals surface area (Å²) >= 11 is 0. The lowest BCUT2D eigenvalue weighted by Gasteiger charge is -2.01. The van der Waals surface area contributed by atoms with Crippen molar-refractivity contribution in [3.05, 3.63) is 60.9 Å². The molecular weight excluding hydrogens is 290 g/mol. The largest absolute Gasteiger partial charge is 0.323 e. The van der Waals surface area contributed by atoms with Gasteiger partial charge in [0.15, 0.2) is 5.65 Å². The second-order valence-electron chi connectivity index (χ2n) is 5.10. The summed E-state index contributed by atoms with van der Waals surface area (Å²) in [4.78, 5) is 17.0. The van der Waals surface area contributed by atoms with Crippen molar-refractivity contribution in [2.45, 2.75) is 6.92 Å². The fourth-order valence-corrected chi connectivity index (χ4v) is 2.26. The van der Waals surface area contributed by atoms with E-state index >= 15 is 0 Å². The molecule has 0 spiro atoms. The van der Waals surface area contributed by atoms with E-state index in [1.807, 2.05) is 31.2 Å². The van der Waals surface area contributed by atoms with Gasteiger partial charge in [-0.2, -0.15) is 4.98 Å². The third-order valence-electron chi connectivity index (χ3n) is 3.40. The highest BCUT2D eigenvalue weighted by Gasteiger charge is 2.11. The Morgan fingerprint density at radius 1 is 1.04 bits per heavy atom. The molecule has 0 amide bonds. The van der Waals surface area contributed by atoms with Crippen LogP contribution in [0.5, 0.6) is 0 Å². The van der Waals surface area contributed by atoms with Crippen LogP contribution < -0.4 is 5.32 Å². The number of hydrogen-bond donors (Lipinski definition) is 1. The maximum absolute atomic E-state index is 4.53. The van der Waals surface area contributed by atoms with Crippen LogP contribution in [0, 0.1) is 6.92 Å². The summed E-state index contributed by atoms with van der Waals surface area (Å²) in [5.74, 6) is 0.514. The first kappa shape index (κ1) is 13.3. The average molecular weight is 303 g/mol. The standard InChI is InChI=1S/C16H13N7/c1-11-2-4-13(5-3-11)20-16-21-15-14(12-8-17-10-18-9-12)19-6-7-23(15)22-16/h2-10H,1H3,(H,20,22). The van der Waals surface area contributed by atoms with Gasteiger partial charge in [0.05, 0.1) is 0 Å². The minimum Gasteiger partial charge on any atom is -0.323 e. The lowest BCUT2D eigenvalue weighted by atomic mass is 10.2. The fraction of sp³-hybridized carbons (Fsp3) is 0.0625. The molecular formula is C16H13N7. The molecule has 0 aliphatic rings. The number of nitrogens with one attached hydrogen (secondary N) is 1. The number of aromatic nitrogens is 6. The van der Waals surface area contributed by atoms with Crippen molar-refractivity contribution in [3.63, 3.8) is 0 Å². The van der Waals surface area contributed by atoms with E-state index in [1.165, 1.54) is 11.9 Å². The van der Waals surface area contributed by atoms with Gasteiger partial charge in [-0.1, -0.05) is 17.7 Å². The number of benzene rings is 1. The summed E-state index contributed by atoms with van der Waals surface area (Å²) in [5.41, 5.74) is 4.28. The molecule has 112 valence electrons. The van der Waals surface area contributed by atoms with E-state index in [2.05, 4.69) is 30.4 Å². The molecule has 0 bridgehead atoms. The third-order valence-corrected chi connectivity index (χ3v) is 3.40. The molecule has 3 heterocycles. The van der Waals surface area contributed by atoms with Crippen LogP contribution in [0.3, 0.4) is 0 Å². The maximum Gasteiger partial charge on any atom is 0.247 e. The third kappa shape index (κ3) is 2.59. The topological polar surface area (TPSA) is 80.9 Å². The quantitative estimate of drug-likeness (QED) is 0.626. The van der Waals surface area contributed by atoms with Crippen molar-refractivity contribution in [1.29, 1.82) is 0 Å². The van der Waals surface area contributed by atoms with Crippen molar-refractivity contribution in [1.82, 2.24) is 29.5 Å². The van der Waals surface area contributed by atoms with Gasteiger partial charge < -0.3 is 5.32 Å². The Morgan fingerprint density at radius 2 is 1.83 bits per heavy atom. The Bertz CT molecular complexity index is 945. The first-order valence-electron chi connectivity index (χ1n) is 7.10. The lowest BCUT2D eigenvalue weighted by molar-refractivity contribution is 0.951. The molecule has 0 radical (unpaired) electrons. The highest BCUT2D eigenvalue weighted by atomic mass is 15.3. The van der Waals surface area contributed by atoms with E-state index in [9.17, 15) is 0 Å². The predicted molar refractivity (Wildman–Crippen MR) is 86.3 cm³/mol. The number of rotatable bonds is 3. The maximum atomic E-state index is 4.53. The molecule has 4 aromatic rings. The molecule has 0 aliphatic heterocycles. The number of anilines is 2. The van der Waals surface area contributed by atoms with Gasteiger partial charge in [-0.05, 0) is 19.1 Å². The molecule has 4 rings (SSSR count). The Labute approximate surface area is 132 Å². The van der Waals surface area contributed by atoms with Gasteiger partial charge in [-0.3, -0.25) is 4.98 Å². The minimum atomic E-state index is 0.514. The summed E-state index contributed by atoms with van der Waals surface area (Å²) in [6, 6.07) is 8.05. The van der Waals surface area contributed by atoms with Gasteiger partial charge in [0.25, 0.3) is 0 Å². The highest BCUT2D eigenvalue weighted by molar-refractivity contribution is 5.73. The van der Waals surface area contributed by atoms with Crippen molar-refractivity contribution in [3.8, 4) is 11.3 Å². The average Bonchev–Trinajstić information content (AvgIpc) is 3.00. The molecule has 0 fully saturated rings. The van der Waals surface area contributed by atoms with Crippen molar-refractivity contribution >= 4 is 17.3 Å². The second kappa shape index (κ2) is 5.45. The zero-order valence-electron chi connectivity index (χ0n) is 12.4. The molecule has 0 saturated heterocycles. The first-order chi connectivity index (χ1) is 11.3. The summed E-state index contributed by atoms with van der Waals surface area (Å²) in [5, 5.41) is 7.63. The summed E-state index contributed by atoms with van der Waals surface area (Å²) in [6.07, 6.45) is 8.33. The summed E-state index contributed by atoms with van der Waals surface area (Å²) in [7, 11) is 0. The van der Waals surface area contributed by atoms with Crippen LogP contribution in [0.4, 0.5) is 11.6 Å². The molecule has 0 atom stereocenters. The van der Waals surface area contributed by atoms with E-state index in [-0.39, 0.29) is 0 Å². The zero-order valence-corrected chi connectivity index (χ0v) is 12.4. The lowest BCUT2D eigenvalue weighted by Crippen LogP contribution is -1.94. The molecule has 0 saturated carbocycles. The molecule has 1 aromatic carbocycles. The van der Waals surface area contributed by atoms with Crippen LogP contribution in [0.25, 0.3) is 16.9 Å². The van der Waals surface area contributed by atoms with E-state index in [0.717, 1.165) is 11.3 Å². The van der Waals surface area contributed by atoms with Gasteiger partial charge in [0.1, 0.15) is 12.0 Å². The SMILES string of the molecule is Cc1ccc(Nc2nc3c(-c4cncnc4)nccn3n2)cc1. The van der Waals surface area contributed by atoms with E-state index < -0.39 is 0 Å². The molecule has 1 N–H and O–H groups in total. The molecule has 0 aliphatic carbocycles. The van der Waals surface area contributed by atoms with E-state index in [1.54, 1.807) is 29.3 Å². The molecule has 3 aromatic heterocycles. The molecule has 7 heteroatoms. The monoisotopic (exact) mass is 303 g/mol. The molecule has 23 heavy (non-hydrogen) atoms. The first-order valence-corrected chi connectivity index (χ1v) is 7.10. The second-order valence-corrected chi connectivity index (χ2v) is 5.10. The van der Waals surface area contributed by atoms with Gasteiger partial charge in [0, 0.05) is 36.0 Å². The van der Waals surface area contributed by atoms with Crippen LogP contribution in [0.1, 0.15) is 5.56 Å². The minimum absolute atomic E-state index is 0.514. The van der Waals surface area contributed by atoms with E-state index in [0.29, 0.717) is 17.3 Å². The van der Waals surface area contributed by atoms with Gasteiger partial charge >= 0.3 is 0 Å². The highest BCUT2D eigenvalue weighted by Crippen LogP contribution is 2.21. The number of hydrogen-bond acceptors (Lipinski definition) is 6. The van der Waals surface area contributed by atoms with Gasteiger partial charge in [-0.25, -0.2) is 14.5 Å². The van der Waals surface area contributed by atoms with Crippen molar-refractivity contribution in [2.75, 3.05) is 5.32 Å². The van der Waals surface area contributed by atoms with Crippen LogP contribution in [-0.2, 0) is 0 Å². The zero-order chi connectivity index (χ0) is 15.6. The predicted octanol–water partition coefficient (Wildman–Crippen LogP) is 2.63. The van der Waals surface area contributed by atoms with Crippen molar-refractivity contribution < 1.29 is 0 Å². The summed E-state index contributed by atoms with van der Waals surface area (Å²) in [6.45, 7) is 2.05. The van der Waals surface area contributed by atoms with Crippen LogP contribution in [-0.4, -0.2) is 29.5 Å². The number of fused-ring (bicyclic) bond motifs is 1. The Hall–Kier alpha value is -3.35. The number of aryl methyl sites for hydroxylation is 1. The van der Waals surface area contributed by atoms with Crippen LogP contribution in [0.15, 0.2) is 55.4 Å². The number of nitrogens with zero attached hydrogens (tertiary/aromatic N) is 6. The summed E-state index contributed by atoms with van der Waals surface area (Å²) < 4.78 is 1.69. The van der Waals surface area contributed by atoms with E-state index in [4.69, 9.17) is 0 Å². The van der Waals surface area contributed by atoms with Crippen LogP contribution >= 0.6 is 0 Å². The normalized spacial score (nSPS) is 10.8.